The summed E-state index contributed by atoms with van der Waals surface area (Å²) in [5, 5.41) is 16.4. The zero-order valence-corrected chi connectivity index (χ0v) is 18.3. The molecular weight excluding hydrogens is 408 g/mol. The zero-order chi connectivity index (χ0) is 19.3. The van der Waals surface area contributed by atoms with E-state index in [1.807, 2.05) is 121 Å². The Bertz CT molecular complexity index is 826. The lowest BCUT2D eigenvalue weighted by molar-refractivity contribution is 1.23. The molecule has 4 aromatic rings. The van der Waals surface area contributed by atoms with Crippen LogP contribution in [-0.2, 0) is 0 Å². The van der Waals surface area contributed by atoms with E-state index in [1.54, 1.807) is 0 Å². The summed E-state index contributed by atoms with van der Waals surface area (Å²) in [6.45, 7) is 0. The predicted octanol–water partition coefficient (Wildman–Crippen LogP) is 8.43. The van der Waals surface area contributed by atoms with Crippen LogP contribution in [0.5, 0.6) is 0 Å². The van der Waals surface area contributed by atoms with E-state index in [4.69, 9.17) is 0 Å². The molecule has 0 aromatic heterocycles. The molecule has 0 aliphatic rings. The van der Waals surface area contributed by atoms with Crippen LogP contribution in [-0.4, -0.2) is 0 Å². The second-order valence-electron chi connectivity index (χ2n) is 5.74. The first kappa shape index (κ1) is 24.8. The van der Waals surface area contributed by atoms with Gasteiger partial charge in [0.2, 0.25) is 0 Å². The molecule has 0 aliphatic carbocycles. The van der Waals surface area contributed by atoms with Crippen molar-refractivity contribution in [3.63, 3.8) is 0 Å². The van der Waals surface area contributed by atoms with Gasteiger partial charge < -0.3 is 0 Å². The van der Waals surface area contributed by atoms with Crippen molar-refractivity contribution in [2.45, 2.75) is 0 Å². The van der Waals surface area contributed by atoms with E-state index >= 15 is 0 Å². The molecule has 0 radical (unpaired) electrons. The van der Waals surface area contributed by atoms with Crippen LogP contribution in [0.2, 0.25) is 0 Å². The Morgan fingerprint density at radius 1 is 0.267 bits per heavy atom. The van der Waals surface area contributed by atoms with Crippen LogP contribution >= 0.6 is 27.0 Å². The lowest BCUT2D eigenvalue weighted by Gasteiger charge is -1.91. The Morgan fingerprint density at radius 2 is 0.433 bits per heavy atom. The molecular formula is C24H24N4S2. The summed E-state index contributed by atoms with van der Waals surface area (Å²) in [6.07, 6.45) is 0. The first-order valence-electron chi connectivity index (χ1n) is 8.94. The summed E-state index contributed by atoms with van der Waals surface area (Å²) in [4.78, 5) is 0. The van der Waals surface area contributed by atoms with Gasteiger partial charge in [-0.1, -0.05) is 72.8 Å². The molecule has 0 saturated heterocycles. The van der Waals surface area contributed by atoms with E-state index in [1.165, 1.54) is 0 Å². The van der Waals surface area contributed by atoms with E-state index < -0.39 is 0 Å². The van der Waals surface area contributed by atoms with Crippen LogP contribution < -0.4 is 0 Å². The standard InChI is InChI=1S/2C12H10N2.2H2S/c2*1-3-7-11(8-4-1)13-14-12-9-5-2-6-10-12;;/h2*1-10H;2*1H2. The van der Waals surface area contributed by atoms with Crippen molar-refractivity contribution in [1.29, 1.82) is 0 Å². The summed E-state index contributed by atoms with van der Waals surface area (Å²) in [5.74, 6) is 0. The van der Waals surface area contributed by atoms with E-state index in [0.717, 1.165) is 22.7 Å². The maximum absolute atomic E-state index is 4.10. The molecule has 152 valence electrons. The smallest absolute Gasteiger partial charge is 0.0857 e. The molecule has 4 aromatic carbocycles. The van der Waals surface area contributed by atoms with Gasteiger partial charge >= 0.3 is 0 Å². The average Bonchev–Trinajstić information content (AvgIpc) is 2.80. The van der Waals surface area contributed by atoms with E-state index in [9.17, 15) is 0 Å². The van der Waals surface area contributed by atoms with Gasteiger partial charge in [-0.2, -0.15) is 47.4 Å². The van der Waals surface area contributed by atoms with Crippen molar-refractivity contribution in [1.82, 2.24) is 0 Å². The van der Waals surface area contributed by atoms with Crippen molar-refractivity contribution in [2.75, 3.05) is 0 Å². The van der Waals surface area contributed by atoms with E-state index in [2.05, 4.69) is 20.5 Å². The maximum Gasteiger partial charge on any atom is 0.0857 e. The van der Waals surface area contributed by atoms with Gasteiger partial charge in [0.15, 0.2) is 0 Å². The molecule has 30 heavy (non-hydrogen) atoms. The molecule has 0 N–H and O–H groups in total. The summed E-state index contributed by atoms with van der Waals surface area (Å²) < 4.78 is 0. The summed E-state index contributed by atoms with van der Waals surface area (Å²) >= 11 is 0. The Hall–Kier alpha value is -3.22. The lowest BCUT2D eigenvalue weighted by Crippen LogP contribution is -1.62. The van der Waals surface area contributed by atoms with Crippen molar-refractivity contribution >= 4 is 49.7 Å². The number of nitrogens with zero attached hydrogens (tertiary/aromatic N) is 4. The van der Waals surface area contributed by atoms with Crippen LogP contribution in [0.4, 0.5) is 22.7 Å². The highest BCUT2D eigenvalue weighted by molar-refractivity contribution is 7.59. The topological polar surface area (TPSA) is 49.4 Å². The van der Waals surface area contributed by atoms with Gasteiger partial charge in [0.25, 0.3) is 0 Å². The van der Waals surface area contributed by atoms with Gasteiger partial charge in [-0.15, -0.1) is 0 Å². The number of azo groups is 2. The van der Waals surface area contributed by atoms with Crippen molar-refractivity contribution in [3.05, 3.63) is 121 Å². The minimum atomic E-state index is 0. The van der Waals surface area contributed by atoms with E-state index in [-0.39, 0.29) is 27.0 Å². The molecule has 6 heteroatoms. The molecule has 0 bridgehead atoms. The number of hydrogen-bond donors (Lipinski definition) is 0. The molecule has 4 rings (SSSR count). The molecule has 0 atom stereocenters. The SMILES string of the molecule is S.S.c1ccc(N=Nc2ccccc2)cc1.c1ccc(N=Nc2ccccc2)cc1. The van der Waals surface area contributed by atoms with Gasteiger partial charge in [0.05, 0.1) is 22.7 Å². The van der Waals surface area contributed by atoms with Crippen LogP contribution in [0.15, 0.2) is 142 Å². The average molecular weight is 433 g/mol. The zero-order valence-electron chi connectivity index (χ0n) is 16.3. The van der Waals surface area contributed by atoms with Crippen molar-refractivity contribution in [2.24, 2.45) is 20.5 Å². The van der Waals surface area contributed by atoms with Crippen molar-refractivity contribution < 1.29 is 0 Å². The van der Waals surface area contributed by atoms with Gasteiger partial charge in [0.1, 0.15) is 0 Å². The number of rotatable bonds is 4. The molecule has 4 nitrogen and oxygen atoms in total. The fourth-order valence-corrected chi connectivity index (χ4v) is 2.21. The van der Waals surface area contributed by atoms with Crippen LogP contribution in [0.1, 0.15) is 0 Å². The van der Waals surface area contributed by atoms with Gasteiger partial charge in [-0.3, -0.25) is 0 Å². The molecule has 0 fully saturated rings. The quantitative estimate of drug-likeness (QED) is 0.291. The minimum Gasteiger partial charge on any atom is -0.197 e. The largest absolute Gasteiger partial charge is 0.197 e. The molecule has 0 unspecified atom stereocenters. The number of hydrogen-bond acceptors (Lipinski definition) is 4. The second-order valence-corrected chi connectivity index (χ2v) is 5.74. The highest BCUT2D eigenvalue weighted by Gasteiger charge is 1.87. The molecule has 0 heterocycles. The second kappa shape index (κ2) is 14.7. The summed E-state index contributed by atoms with van der Waals surface area (Å²) in [6, 6.07) is 38.8. The lowest BCUT2D eigenvalue weighted by atomic mass is 10.3. The Labute approximate surface area is 191 Å². The third-order valence-corrected chi connectivity index (χ3v) is 3.59. The molecule has 0 amide bonds. The first-order valence-corrected chi connectivity index (χ1v) is 8.94. The fraction of sp³-hybridized carbons (Fsp3) is 0. The first-order chi connectivity index (χ1) is 13.9. The molecule has 0 aliphatic heterocycles. The van der Waals surface area contributed by atoms with Crippen LogP contribution in [0.25, 0.3) is 0 Å². The predicted molar refractivity (Wildman–Crippen MR) is 135 cm³/mol. The van der Waals surface area contributed by atoms with Crippen molar-refractivity contribution in [3.8, 4) is 0 Å². The molecule has 0 saturated carbocycles. The van der Waals surface area contributed by atoms with Crippen LogP contribution in [0.3, 0.4) is 0 Å². The third kappa shape index (κ3) is 9.32. The molecule has 0 spiro atoms. The summed E-state index contributed by atoms with van der Waals surface area (Å²) in [7, 11) is 0. The van der Waals surface area contributed by atoms with E-state index in [0.29, 0.717) is 0 Å². The fourth-order valence-electron chi connectivity index (χ4n) is 2.21. The summed E-state index contributed by atoms with van der Waals surface area (Å²) in [5.41, 5.74) is 3.49. The van der Waals surface area contributed by atoms with Gasteiger partial charge in [-0.05, 0) is 48.5 Å². The highest BCUT2D eigenvalue weighted by Crippen LogP contribution is 2.17. The number of benzene rings is 4. The highest BCUT2D eigenvalue weighted by atomic mass is 32.1. The van der Waals surface area contributed by atoms with Gasteiger partial charge in [0, 0.05) is 0 Å². The Morgan fingerprint density at radius 3 is 0.600 bits per heavy atom. The minimum absolute atomic E-state index is 0. The Balaban J connectivity index is 0.000000281. The van der Waals surface area contributed by atoms with Crippen LogP contribution in [0, 0.1) is 0 Å². The maximum atomic E-state index is 4.10. The third-order valence-electron chi connectivity index (χ3n) is 3.59. The monoisotopic (exact) mass is 432 g/mol. The normalized spacial score (nSPS) is 9.87. The Kier molecular flexibility index (Phi) is 12.2. The van der Waals surface area contributed by atoms with Gasteiger partial charge in [-0.25, -0.2) is 0 Å².